The highest BCUT2D eigenvalue weighted by molar-refractivity contribution is 5.59. The van der Waals surface area contributed by atoms with Crippen molar-refractivity contribution in [3.63, 3.8) is 0 Å². The molecular formula is C9H18N2O4. The standard InChI is InChI=1S/C9H18N2O4/c1-3-13-9(12)15-7-14-8-6-10-4-5-11(8)2/h8,10H,3-7H2,1-2H3. The summed E-state index contributed by atoms with van der Waals surface area (Å²) in [6, 6.07) is 0. The van der Waals surface area contributed by atoms with Gasteiger partial charge >= 0.3 is 6.16 Å². The molecule has 0 aromatic carbocycles. The molecule has 1 unspecified atom stereocenters. The number of carbonyl (C=O) groups is 1. The van der Waals surface area contributed by atoms with Crippen LogP contribution in [0.4, 0.5) is 4.79 Å². The highest BCUT2D eigenvalue weighted by atomic mass is 16.8. The Morgan fingerprint density at radius 2 is 2.33 bits per heavy atom. The molecule has 1 heterocycles. The largest absolute Gasteiger partial charge is 0.510 e. The minimum absolute atomic E-state index is 0.0480. The maximum Gasteiger partial charge on any atom is 0.510 e. The number of hydrogen-bond donors (Lipinski definition) is 1. The first-order chi connectivity index (χ1) is 7.24. The minimum atomic E-state index is -0.691. The average molecular weight is 218 g/mol. The number of piperazine rings is 1. The van der Waals surface area contributed by atoms with Crippen LogP contribution in [0.2, 0.25) is 0 Å². The van der Waals surface area contributed by atoms with Gasteiger partial charge in [0.05, 0.1) is 6.61 Å². The van der Waals surface area contributed by atoms with Crippen LogP contribution < -0.4 is 5.32 Å². The van der Waals surface area contributed by atoms with Crippen LogP contribution in [0.25, 0.3) is 0 Å². The Hall–Kier alpha value is -0.850. The molecule has 0 radical (unpaired) electrons. The zero-order chi connectivity index (χ0) is 11.1. The summed E-state index contributed by atoms with van der Waals surface area (Å²) >= 11 is 0. The van der Waals surface area contributed by atoms with Gasteiger partial charge in [-0.05, 0) is 14.0 Å². The van der Waals surface area contributed by atoms with Crippen LogP contribution in [-0.4, -0.2) is 57.4 Å². The fraction of sp³-hybridized carbons (Fsp3) is 0.889. The van der Waals surface area contributed by atoms with E-state index in [0.717, 1.165) is 19.6 Å². The number of carbonyl (C=O) groups excluding carboxylic acids is 1. The van der Waals surface area contributed by atoms with Gasteiger partial charge < -0.3 is 19.5 Å². The summed E-state index contributed by atoms with van der Waals surface area (Å²) in [4.78, 5) is 12.9. The van der Waals surface area contributed by atoms with Crippen LogP contribution in [0.3, 0.4) is 0 Å². The Morgan fingerprint density at radius 3 is 3.00 bits per heavy atom. The fourth-order valence-corrected chi connectivity index (χ4v) is 1.29. The number of hydrogen-bond acceptors (Lipinski definition) is 6. The molecule has 6 heteroatoms. The van der Waals surface area contributed by atoms with Crippen molar-refractivity contribution in [2.75, 3.05) is 40.1 Å². The second-order valence-corrected chi connectivity index (χ2v) is 3.25. The molecule has 1 N–H and O–H groups in total. The van der Waals surface area contributed by atoms with E-state index in [1.54, 1.807) is 6.92 Å². The lowest BCUT2D eigenvalue weighted by Gasteiger charge is -2.32. The molecule has 88 valence electrons. The molecule has 1 atom stereocenters. The van der Waals surface area contributed by atoms with E-state index in [4.69, 9.17) is 9.47 Å². The highest BCUT2D eigenvalue weighted by Gasteiger charge is 2.19. The molecule has 0 aliphatic carbocycles. The Bertz CT molecular complexity index is 201. The number of nitrogens with one attached hydrogen (secondary N) is 1. The Morgan fingerprint density at radius 1 is 1.53 bits per heavy atom. The minimum Gasteiger partial charge on any atom is -0.435 e. The van der Waals surface area contributed by atoms with Crippen molar-refractivity contribution in [2.45, 2.75) is 13.2 Å². The third-order valence-corrected chi connectivity index (χ3v) is 2.15. The molecule has 1 aliphatic rings. The van der Waals surface area contributed by atoms with Crippen LogP contribution in [0.15, 0.2) is 0 Å². The van der Waals surface area contributed by atoms with E-state index < -0.39 is 6.16 Å². The predicted molar refractivity (Wildman–Crippen MR) is 53.3 cm³/mol. The van der Waals surface area contributed by atoms with Gasteiger partial charge in [0.25, 0.3) is 0 Å². The summed E-state index contributed by atoms with van der Waals surface area (Å²) in [6.07, 6.45) is -0.739. The Labute approximate surface area is 89.5 Å². The van der Waals surface area contributed by atoms with Gasteiger partial charge in [0.1, 0.15) is 6.23 Å². The van der Waals surface area contributed by atoms with Gasteiger partial charge in [0, 0.05) is 19.6 Å². The zero-order valence-corrected chi connectivity index (χ0v) is 9.19. The van der Waals surface area contributed by atoms with Crippen molar-refractivity contribution in [2.24, 2.45) is 0 Å². The molecule has 0 saturated carbocycles. The SMILES string of the molecule is CCOC(=O)OCOC1CNCCN1C. The van der Waals surface area contributed by atoms with Crippen LogP contribution >= 0.6 is 0 Å². The lowest BCUT2D eigenvalue weighted by Crippen LogP contribution is -2.50. The van der Waals surface area contributed by atoms with E-state index in [-0.39, 0.29) is 13.0 Å². The lowest BCUT2D eigenvalue weighted by atomic mass is 10.3. The van der Waals surface area contributed by atoms with Gasteiger partial charge in [-0.2, -0.15) is 0 Å². The summed E-state index contributed by atoms with van der Waals surface area (Å²) in [5.41, 5.74) is 0. The van der Waals surface area contributed by atoms with Gasteiger partial charge in [-0.15, -0.1) is 0 Å². The second kappa shape index (κ2) is 6.60. The molecule has 1 rings (SSSR count). The molecule has 0 aromatic heterocycles. The molecular weight excluding hydrogens is 200 g/mol. The van der Waals surface area contributed by atoms with Crippen molar-refractivity contribution in [3.8, 4) is 0 Å². The maximum absolute atomic E-state index is 10.8. The third kappa shape index (κ3) is 4.46. The highest BCUT2D eigenvalue weighted by Crippen LogP contribution is 2.01. The van der Waals surface area contributed by atoms with E-state index in [1.807, 2.05) is 7.05 Å². The van der Waals surface area contributed by atoms with Crippen LogP contribution in [0, 0.1) is 0 Å². The number of rotatable bonds is 4. The molecule has 15 heavy (non-hydrogen) atoms. The average Bonchev–Trinajstić information content (AvgIpc) is 2.21. The first-order valence-corrected chi connectivity index (χ1v) is 5.06. The van der Waals surface area contributed by atoms with E-state index in [9.17, 15) is 4.79 Å². The Kier molecular flexibility index (Phi) is 5.38. The fourth-order valence-electron chi connectivity index (χ4n) is 1.29. The molecule has 1 saturated heterocycles. The van der Waals surface area contributed by atoms with Crippen molar-refractivity contribution < 1.29 is 19.0 Å². The molecule has 0 spiro atoms. The van der Waals surface area contributed by atoms with Gasteiger partial charge in [-0.1, -0.05) is 0 Å². The van der Waals surface area contributed by atoms with E-state index in [0.29, 0.717) is 6.61 Å². The maximum atomic E-state index is 10.8. The Balaban J connectivity index is 2.10. The summed E-state index contributed by atoms with van der Waals surface area (Å²) in [5.74, 6) is 0. The van der Waals surface area contributed by atoms with Crippen LogP contribution in [0.1, 0.15) is 6.92 Å². The zero-order valence-electron chi connectivity index (χ0n) is 9.19. The lowest BCUT2D eigenvalue weighted by molar-refractivity contribution is -0.128. The first-order valence-electron chi connectivity index (χ1n) is 5.06. The molecule has 0 bridgehead atoms. The number of ether oxygens (including phenoxy) is 3. The molecule has 1 aliphatic heterocycles. The topological polar surface area (TPSA) is 60.0 Å². The number of nitrogens with zero attached hydrogens (tertiary/aromatic N) is 1. The van der Waals surface area contributed by atoms with Crippen molar-refractivity contribution in [1.82, 2.24) is 10.2 Å². The first kappa shape index (κ1) is 12.2. The van der Waals surface area contributed by atoms with Gasteiger partial charge in [0.2, 0.25) is 0 Å². The normalized spacial score (nSPS) is 22.4. The predicted octanol–water partition coefficient (Wildman–Crippen LogP) is -0.00530. The summed E-state index contributed by atoms with van der Waals surface area (Å²) in [5, 5.41) is 3.19. The molecule has 0 amide bonds. The smallest absolute Gasteiger partial charge is 0.435 e. The summed E-state index contributed by atoms with van der Waals surface area (Å²) in [7, 11) is 1.97. The van der Waals surface area contributed by atoms with Crippen molar-refractivity contribution in [1.29, 1.82) is 0 Å². The van der Waals surface area contributed by atoms with Gasteiger partial charge in [-0.3, -0.25) is 4.90 Å². The number of likely N-dealkylation sites (N-methyl/N-ethyl adjacent to an activating group) is 1. The van der Waals surface area contributed by atoms with E-state index >= 15 is 0 Å². The summed E-state index contributed by atoms with van der Waals surface area (Å²) in [6.45, 7) is 4.57. The molecule has 0 aromatic rings. The van der Waals surface area contributed by atoms with Crippen molar-refractivity contribution in [3.05, 3.63) is 0 Å². The quantitative estimate of drug-likeness (QED) is 0.529. The van der Waals surface area contributed by atoms with Gasteiger partial charge in [-0.25, -0.2) is 4.79 Å². The van der Waals surface area contributed by atoms with E-state index in [2.05, 4.69) is 15.0 Å². The summed E-state index contributed by atoms with van der Waals surface area (Å²) < 4.78 is 14.6. The van der Waals surface area contributed by atoms with E-state index in [1.165, 1.54) is 0 Å². The second-order valence-electron chi connectivity index (χ2n) is 3.25. The molecule has 1 fully saturated rings. The van der Waals surface area contributed by atoms with Crippen LogP contribution in [0.5, 0.6) is 0 Å². The van der Waals surface area contributed by atoms with Gasteiger partial charge in [0.15, 0.2) is 6.79 Å². The van der Waals surface area contributed by atoms with Crippen molar-refractivity contribution >= 4 is 6.16 Å². The third-order valence-electron chi connectivity index (χ3n) is 2.15. The van der Waals surface area contributed by atoms with Crippen LogP contribution in [-0.2, 0) is 14.2 Å². The molecule has 6 nitrogen and oxygen atoms in total. The monoisotopic (exact) mass is 218 g/mol.